The molecule has 34 heavy (non-hydrogen) atoms. The van der Waals surface area contributed by atoms with Gasteiger partial charge in [-0.2, -0.15) is 4.98 Å². The maximum atomic E-state index is 6.08. The van der Waals surface area contributed by atoms with Crippen LogP contribution in [0.15, 0.2) is 73.2 Å². The summed E-state index contributed by atoms with van der Waals surface area (Å²) in [6.45, 7) is 1.10. The number of rotatable bonds is 2. The Balaban J connectivity index is 1.41. The molecular formula is C26H23ClN6O. The number of hydrogen-bond donors (Lipinski definition) is 2. The molecule has 7 nitrogen and oxygen atoms in total. The Hall–Kier alpha value is -3.84. The lowest BCUT2D eigenvalue weighted by Crippen LogP contribution is -2.10. The molecule has 1 aliphatic carbocycles. The molecule has 6 rings (SSSR count). The molecular weight excluding hydrogens is 448 g/mol. The summed E-state index contributed by atoms with van der Waals surface area (Å²) in [5.74, 6) is 2.43. The molecule has 0 saturated carbocycles. The number of ether oxygens (including phenoxy) is 1. The average molecular weight is 471 g/mol. The zero-order chi connectivity index (χ0) is 22.9. The van der Waals surface area contributed by atoms with Crippen molar-refractivity contribution in [2.75, 3.05) is 23.8 Å². The first-order chi connectivity index (χ1) is 16.7. The Morgan fingerprint density at radius 3 is 2.82 bits per heavy atom. The van der Waals surface area contributed by atoms with Crippen LogP contribution in [0.5, 0.6) is 5.75 Å². The van der Waals surface area contributed by atoms with Crippen molar-refractivity contribution in [1.29, 1.82) is 0 Å². The van der Waals surface area contributed by atoms with Crippen molar-refractivity contribution >= 4 is 29.1 Å². The molecule has 170 valence electrons. The van der Waals surface area contributed by atoms with E-state index in [9.17, 15) is 0 Å². The van der Waals surface area contributed by atoms with Crippen LogP contribution in [0.2, 0.25) is 5.15 Å². The van der Waals surface area contributed by atoms with E-state index < -0.39 is 0 Å². The van der Waals surface area contributed by atoms with Gasteiger partial charge in [-0.15, -0.1) is 0 Å². The van der Waals surface area contributed by atoms with Crippen molar-refractivity contribution in [3.63, 3.8) is 0 Å². The molecule has 0 radical (unpaired) electrons. The van der Waals surface area contributed by atoms with Gasteiger partial charge in [0.25, 0.3) is 0 Å². The third-order valence-corrected chi connectivity index (χ3v) is 6.38. The van der Waals surface area contributed by atoms with Gasteiger partial charge in [0.05, 0.1) is 11.4 Å². The summed E-state index contributed by atoms with van der Waals surface area (Å²) in [4.78, 5) is 13.9. The van der Waals surface area contributed by atoms with Gasteiger partial charge in [0.2, 0.25) is 5.95 Å². The monoisotopic (exact) mass is 470 g/mol. The predicted octanol–water partition coefficient (Wildman–Crippen LogP) is 5.50. The van der Waals surface area contributed by atoms with Gasteiger partial charge in [-0.1, -0.05) is 48.0 Å². The largest absolute Gasteiger partial charge is 0.487 e. The van der Waals surface area contributed by atoms with Crippen molar-refractivity contribution in [3.05, 3.63) is 95.2 Å². The van der Waals surface area contributed by atoms with Crippen LogP contribution in [-0.2, 0) is 6.42 Å². The van der Waals surface area contributed by atoms with E-state index in [1.54, 1.807) is 12.5 Å². The zero-order valence-electron chi connectivity index (χ0n) is 18.4. The summed E-state index contributed by atoms with van der Waals surface area (Å²) in [7, 11) is 0. The van der Waals surface area contributed by atoms with Gasteiger partial charge >= 0.3 is 0 Å². The second kappa shape index (κ2) is 8.83. The third-order valence-electron chi connectivity index (χ3n) is 6.19. The molecule has 0 saturated heterocycles. The predicted molar refractivity (Wildman–Crippen MR) is 134 cm³/mol. The highest BCUT2D eigenvalue weighted by Crippen LogP contribution is 2.40. The fourth-order valence-corrected chi connectivity index (χ4v) is 4.75. The summed E-state index contributed by atoms with van der Waals surface area (Å²) < 4.78 is 7.93. The van der Waals surface area contributed by atoms with Crippen LogP contribution in [0.3, 0.4) is 0 Å². The number of nitrogens with zero attached hydrogens (tertiary/aromatic N) is 4. The van der Waals surface area contributed by atoms with Crippen LogP contribution in [-0.4, -0.2) is 32.7 Å². The van der Waals surface area contributed by atoms with Crippen molar-refractivity contribution in [2.24, 2.45) is 0 Å². The minimum Gasteiger partial charge on any atom is -0.487 e. The first-order valence-corrected chi connectivity index (χ1v) is 11.7. The number of imidazole rings is 1. The topological polar surface area (TPSA) is 76.9 Å². The molecule has 2 N–H and O–H groups in total. The molecule has 1 aliphatic heterocycles. The van der Waals surface area contributed by atoms with E-state index in [0.717, 1.165) is 35.7 Å². The van der Waals surface area contributed by atoms with Gasteiger partial charge in [-0.05, 0) is 36.6 Å². The SMILES string of the molecule is Clc1cn(-c2ccc3cc2OC/C=C\CNc2nc(nc4c2CCC4c2ccccc2)N3)cn1. The smallest absolute Gasteiger partial charge is 0.229 e. The Morgan fingerprint density at radius 1 is 1.06 bits per heavy atom. The second-order valence-electron chi connectivity index (χ2n) is 8.34. The molecule has 1 unspecified atom stereocenters. The standard InChI is InChI=1S/C26H23ClN6O/c27-23-15-33(16-29-23)21-11-8-18-14-22(21)34-13-5-4-12-28-25-20-10-9-19(17-6-2-1-3-7-17)24(20)31-26(30-18)32-25/h1-8,11,14-16,19H,9-10,12-13H2,(H2,28,30,31,32)/b5-4-. The molecule has 4 bridgehead atoms. The van der Waals surface area contributed by atoms with Crippen molar-refractivity contribution in [1.82, 2.24) is 19.5 Å². The van der Waals surface area contributed by atoms with E-state index in [1.165, 1.54) is 11.1 Å². The Labute approximate surface area is 202 Å². The molecule has 2 aromatic carbocycles. The number of anilines is 3. The molecule has 0 spiro atoms. The molecule has 2 aliphatic rings. The second-order valence-corrected chi connectivity index (χ2v) is 8.72. The Bertz CT molecular complexity index is 1370. The fourth-order valence-electron chi connectivity index (χ4n) is 4.60. The maximum absolute atomic E-state index is 6.08. The van der Waals surface area contributed by atoms with E-state index >= 15 is 0 Å². The minimum atomic E-state index is 0.263. The average Bonchev–Trinajstić information content (AvgIpc) is 3.48. The fraction of sp³-hybridized carbons (Fsp3) is 0.192. The normalized spacial score (nSPS) is 17.7. The Kier molecular flexibility index (Phi) is 5.39. The lowest BCUT2D eigenvalue weighted by atomic mass is 9.97. The molecule has 0 amide bonds. The van der Waals surface area contributed by atoms with Gasteiger partial charge in [0.1, 0.15) is 29.7 Å². The van der Waals surface area contributed by atoms with Gasteiger partial charge in [-0.25, -0.2) is 9.97 Å². The van der Waals surface area contributed by atoms with Crippen LogP contribution >= 0.6 is 11.6 Å². The van der Waals surface area contributed by atoms with Crippen LogP contribution in [0.25, 0.3) is 5.69 Å². The lowest BCUT2D eigenvalue weighted by Gasteiger charge is -2.16. The van der Waals surface area contributed by atoms with Crippen LogP contribution in [0.1, 0.15) is 29.2 Å². The van der Waals surface area contributed by atoms with Crippen molar-refractivity contribution in [2.45, 2.75) is 18.8 Å². The highest BCUT2D eigenvalue weighted by atomic mass is 35.5. The number of aromatic nitrogens is 4. The van der Waals surface area contributed by atoms with Crippen molar-refractivity contribution in [3.8, 4) is 11.4 Å². The summed E-state index contributed by atoms with van der Waals surface area (Å²) >= 11 is 6.04. The number of nitrogens with one attached hydrogen (secondary N) is 2. The maximum Gasteiger partial charge on any atom is 0.229 e. The Morgan fingerprint density at radius 2 is 1.97 bits per heavy atom. The number of fused-ring (bicyclic) bond motifs is 6. The quantitative estimate of drug-likeness (QED) is 0.377. The van der Waals surface area contributed by atoms with Crippen LogP contribution < -0.4 is 15.4 Å². The number of halogens is 1. The lowest BCUT2D eigenvalue weighted by molar-refractivity contribution is 0.361. The molecule has 0 fully saturated rings. The molecule has 2 aromatic heterocycles. The number of hydrogen-bond acceptors (Lipinski definition) is 6. The van der Waals surface area contributed by atoms with Gasteiger partial charge in [0.15, 0.2) is 0 Å². The summed E-state index contributed by atoms with van der Waals surface area (Å²) in [5.41, 5.74) is 5.27. The molecule has 1 atom stereocenters. The summed E-state index contributed by atoms with van der Waals surface area (Å²) in [6, 6.07) is 16.5. The van der Waals surface area contributed by atoms with Crippen molar-refractivity contribution < 1.29 is 4.74 Å². The summed E-state index contributed by atoms with van der Waals surface area (Å²) in [6.07, 6.45) is 9.47. The third kappa shape index (κ3) is 3.99. The highest BCUT2D eigenvalue weighted by molar-refractivity contribution is 6.29. The van der Waals surface area contributed by atoms with E-state index in [1.807, 2.05) is 34.9 Å². The molecule has 8 heteroatoms. The first kappa shape index (κ1) is 20.7. The zero-order valence-corrected chi connectivity index (χ0v) is 19.2. The molecule has 3 heterocycles. The van der Waals surface area contributed by atoms with E-state index in [-0.39, 0.29) is 5.92 Å². The molecule has 4 aromatic rings. The summed E-state index contributed by atoms with van der Waals surface area (Å²) in [5, 5.41) is 7.30. The highest BCUT2D eigenvalue weighted by Gasteiger charge is 2.29. The minimum absolute atomic E-state index is 0.263. The van der Waals surface area contributed by atoms with Crippen LogP contribution in [0, 0.1) is 0 Å². The van der Waals surface area contributed by atoms with Crippen LogP contribution in [0.4, 0.5) is 17.5 Å². The van der Waals surface area contributed by atoms with E-state index in [0.29, 0.717) is 30.0 Å². The van der Waals surface area contributed by atoms with E-state index in [4.69, 9.17) is 26.3 Å². The first-order valence-electron chi connectivity index (χ1n) is 11.3. The van der Waals surface area contributed by atoms with Gasteiger partial charge < -0.3 is 19.9 Å². The van der Waals surface area contributed by atoms with Gasteiger partial charge in [-0.3, -0.25) is 0 Å². The van der Waals surface area contributed by atoms with E-state index in [2.05, 4.69) is 46.0 Å². The van der Waals surface area contributed by atoms with Gasteiger partial charge in [0, 0.05) is 36.0 Å². The number of benzene rings is 2.